The summed E-state index contributed by atoms with van der Waals surface area (Å²) < 4.78 is 16.6. The van der Waals surface area contributed by atoms with E-state index in [1.807, 2.05) is 31.2 Å². The zero-order valence-electron chi connectivity index (χ0n) is 9.44. The van der Waals surface area contributed by atoms with Gasteiger partial charge in [-0.1, -0.05) is 0 Å². The first-order valence-corrected chi connectivity index (χ1v) is 5.52. The number of rotatable bonds is 4. The van der Waals surface area contributed by atoms with Gasteiger partial charge in [-0.2, -0.15) is 0 Å². The second-order valence-electron chi connectivity index (χ2n) is 3.61. The van der Waals surface area contributed by atoms with Crippen LogP contribution in [0.3, 0.4) is 0 Å². The van der Waals surface area contributed by atoms with Crippen molar-refractivity contribution in [2.24, 2.45) is 5.73 Å². The molecule has 1 aliphatic heterocycles. The summed E-state index contributed by atoms with van der Waals surface area (Å²) in [6, 6.07) is 7.68. The minimum atomic E-state index is -0.759. The van der Waals surface area contributed by atoms with Crippen LogP contribution in [0.5, 0.6) is 5.75 Å². The van der Waals surface area contributed by atoms with Crippen molar-refractivity contribution in [3.63, 3.8) is 0 Å². The fraction of sp³-hybridized carbons (Fsp3) is 0.500. The molecule has 0 atom stereocenters. The molecular formula is C12H17NO3. The van der Waals surface area contributed by atoms with Crippen LogP contribution in [-0.2, 0) is 15.3 Å². The zero-order chi connectivity index (χ0) is 11.4. The van der Waals surface area contributed by atoms with Gasteiger partial charge in [0.1, 0.15) is 5.75 Å². The quantitative estimate of drug-likeness (QED) is 0.834. The molecule has 1 aromatic rings. The molecule has 4 nitrogen and oxygen atoms in total. The molecule has 0 radical (unpaired) electrons. The third-order valence-corrected chi connectivity index (χ3v) is 2.63. The van der Waals surface area contributed by atoms with Crippen LogP contribution in [-0.4, -0.2) is 26.4 Å². The molecule has 1 fully saturated rings. The lowest BCUT2D eigenvalue weighted by Crippen LogP contribution is -2.36. The molecule has 0 amide bonds. The van der Waals surface area contributed by atoms with E-state index in [2.05, 4.69) is 0 Å². The maximum absolute atomic E-state index is 5.72. The molecule has 0 spiro atoms. The smallest absolute Gasteiger partial charge is 0.207 e. The molecule has 1 heterocycles. The van der Waals surface area contributed by atoms with E-state index in [0.717, 1.165) is 11.3 Å². The maximum atomic E-state index is 5.72. The van der Waals surface area contributed by atoms with Crippen LogP contribution in [0.2, 0.25) is 0 Å². The lowest BCUT2D eigenvalue weighted by atomic mass is 10.1. The van der Waals surface area contributed by atoms with Gasteiger partial charge in [-0.3, -0.25) is 0 Å². The molecule has 0 unspecified atom stereocenters. The van der Waals surface area contributed by atoms with Crippen LogP contribution in [0.25, 0.3) is 0 Å². The Morgan fingerprint density at radius 3 is 2.38 bits per heavy atom. The lowest BCUT2D eigenvalue weighted by molar-refractivity contribution is -0.156. The molecule has 0 aromatic heterocycles. The molecule has 88 valence electrons. The molecule has 1 aromatic carbocycles. The molecular weight excluding hydrogens is 206 g/mol. The molecule has 4 heteroatoms. The van der Waals surface area contributed by atoms with Crippen molar-refractivity contribution in [1.29, 1.82) is 0 Å². The first kappa shape index (κ1) is 11.4. The molecule has 0 aliphatic carbocycles. The summed E-state index contributed by atoms with van der Waals surface area (Å²) in [5.74, 6) is 0.0847. The Balaban J connectivity index is 2.19. The summed E-state index contributed by atoms with van der Waals surface area (Å²) in [5, 5.41) is 0. The van der Waals surface area contributed by atoms with Crippen LogP contribution < -0.4 is 10.5 Å². The SMILES string of the molecule is CCOc1ccc(C2(CN)OCCO2)cc1. The summed E-state index contributed by atoms with van der Waals surface area (Å²) in [5.41, 5.74) is 6.66. The minimum absolute atomic E-state index is 0.320. The van der Waals surface area contributed by atoms with Crippen molar-refractivity contribution in [2.75, 3.05) is 26.4 Å². The third-order valence-electron chi connectivity index (χ3n) is 2.63. The fourth-order valence-electron chi connectivity index (χ4n) is 1.83. The van der Waals surface area contributed by atoms with Crippen molar-refractivity contribution in [3.8, 4) is 5.75 Å². The van der Waals surface area contributed by atoms with Gasteiger partial charge in [0.15, 0.2) is 0 Å². The van der Waals surface area contributed by atoms with Crippen LogP contribution in [0.15, 0.2) is 24.3 Å². The summed E-state index contributed by atoms with van der Waals surface area (Å²) in [6.45, 7) is 4.11. The van der Waals surface area contributed by atoms with Crippen molar-refractivity contribution in [2.45, 2.75) is 12.7 Å². The van der Waals surface area contributed by atoms with E-state index in [4.69, 9.17) is 19.9 Å². The molecule has 2 rings (SSSR count). The number of ether oxygens (including phenoxy) is 3. The van der Waals surface area contributed by atoms with Gasteiger partial charge in [-0.15, -0.1) is 0 Å². The van der Waals surface area contributed by atoms with Gasteiger partial charge in [0.25, 0.3) is 0 Å². The monoisotopic (exact) mass is 223 g/mol. The second kappa shape index (κ2) is 4.82. The van der Waals surface area contributed by atoms with E-state index in [9.17, 15) is 0 Å². The third kappa shape index (κ3) is 2.04. The van der Waals surface area contributed by atoms with Gasteiger partial charge in [0, 0.05) is 5.56 Å². The van der Waals surface area contributed by atoms with Crippen LogP contribution in [0.4, 0.5) is 0 Å². The first-order valence-electron chi connectivity index (χ1n) is 5.52. The lowest BCUT2D eigenvalue weighted by Gasteiger charge is -2.26. The Hall–Kier alpha value is -1.10. The van der Waals surface area contributed by atoms with Crippen LogP contribution in [0, 0.1) is 0 Å². The van der Waals surface area contributed by atoms with E-state index in [0.29, 0.717) is 26.4 Å². The highest BCUT2D eigenvalue weighted by atomic mass is 16.7. The highest BCUT2D eigenvalue weighted by molar-refractivity contribution is 5.30. The summed E-state index contributed by atoms with van der Waals surface area (Å²) >= 11 is 0. The van der Waals surface area contributed by atoms with Crippen molar-refractivity contribution in [3.05, 3.63) is 29.8 Å². The Labute approximate surface area is 95.3 Å². The Morgan fingerprint density at radius 2 is 1.88 bits per heavy atom. The Morgan fingerprint density at radius 1 is 1.25 bits per heavy atom. The van der Waals surface area contributed by atoms with Gasteiger partial charge in [0.05, 0.1) is 26.4 Å². The Kier molecular flexibility index (Phi) is 3.43. The van der Waals surface area contributed by atoms with Gasteiger partial charge in [-0.25, -0.2) is 0 Å². The minimum Gasteiger partial charge on any atom is -0.494 e. The average Bonchev–Trinajstić information content (AvgIpc) is 2.80. The summed E-state index contributed by atoms with van der Waals surface area (Å²) in [4.78, 5) is 0. The molecule has 16 heavy (non-hydrogen) atoms. The highest BCUT2D eigenvalue weighted by Crippen LogP contribution is 2.31. The predicted molar refractivity (Wildman–Crippen MR) is 60.2 cm³/mol. The van der Waals surface area contributed by atoms with Crippen LogP contribution >= 0.6 is 0 Å². The highest BCUT2D eigenvalue weighted by Gasteiger charge is 2.37. The van der Waals surface area contributed by atoms with Crippen molar-refractivity contribution in [1.82, 2.24) is 0 Å². The van der Waals surface area contributed by atoms with Gasteiger partial charge in [0.2, 0.25) is 5.79 Å². The van der Waals surface area contributed by atoms with E-state index in [1.54, 1.807) is 0 Å². The van der Waals surface area contributed by atoms with Crippen molar-refractivity contribution >= 4 is 0 Å². The number of nitrogens with two attached hydrogens (primary N) is 1. The average molecular weight is 223 g/mol. The summed E-state index contributed by atoms with van der Waals surface area (Å²) in [7, 11) is 0. The molecule has 1 saturated heterocycles. The number of hydrogen-bond donors (Lipinski definition) is 1. The predicted octanol–water partition coefficient (Wildman–Crippen LogP) is 1.24. The normalized spacial score (nSPS) is 18.6. The van der Waals surface area contributed by atoms with Gasteiger partial charge >= 0.3 is 0 Å². The van der Waals surface area contributed by atoms with E-state index in [-0.39, 0.29) is 0 Å². The fourth-order valence-corrected chi connectivity index (χ4v) is 1.83. The number of hydrogen-bond acceptors (Lipinski definition) is 4. The topological polar surface area (TPSA) is 53.7 Å². The number of benzene rings is 1. The first-order chi connectivity index (χ1) is 7.80. The molecule has 2 N–H and O–H groups in total. The summed E-state index contributed by atoms with van der Waals surface area (Å²) in [6.07, 6.45) is 0. The standard InChI is InChI=1S/C12H17NO3/c1-2-14-11-5-3-10(4-6-11)12(9-13)15-7-8-16-12/h3-6H,2,7-9,13H2,1H3. The van der Waals surface area contributed by atoms with Gasteiger partial charge in [-0.05, 0) is 31.2 Å². The van der Waals surface area contributed by atoms with Gasteiger partial charge < -0.3 is 19.9 Å². The maximum Gasteiger partial charge on any atom is 0.207 e. The zero-order valence-corrected chi connectivity index (χ0v) is 9.44. The molecule has 0 bridgehead atoms. The van der Waals surface area contributed by atoms with Crippen molar-refractivity contribution < 1.29 is 14.2 Å². The van der Waals surface area contributed by atoms with E-state index in [1.165, 1.54) is 0 Å². The molecule has 0 saturated carbocycles. The van der Waals surface area contributed by atoms with Crippen LogP contribution in [0.1, 0.15) is 12.5 Å². The largest absolute Gasteiger partial charge is 0.494 e. The molecule has 1 aliphatic rings. The van der Waals surface area contributed by atoms with E-state index >= 15 is 0 Å². The Bertz CT molecular complexity index is 331. The second-order valence-corrected chi connectivity index (χ2v) is 3.61. The van der Waals surface area contributed by atoms with E-state index < -0.39 is 5.79 Å².